The number of para-hydroxylation sites is 1. The van der Waals surface area contributed by atoms with Crippen molar-refractivity contribution < 1.29 is 4.79 Å². The summed E-state index contributed by atoms with van der Waals surface area (Å²) < 4.78 is 0. The van der Waals surface area contributed by atoms with Gasteiger partial charge in [0.05, 0.1) is 0 Å². The number of nitrogens with one attached hydrogen (secondary N) is 2. The van der Waals surface area contributed by atoms with Crippen LogP contribution in [0.4, 0.5) is 11.4 Å². The van der Waals surface area contributed by atoms with Crippen LogP contribution in [0.15, 0.2) is 42.5 Å². The molecule has 0 saturated carbocycles. The van der Waals surface area contributed by atoms with Gasteiger partial charge in [-0.3, -0.25) is 4.79 Å². The molecule has 1 heterocycles. The molecule has 3 heteroatoms. The fourth-order valence-corrected chi connectivity index (χ4v) is 2.84. The van der Waals surface area contributed by atoms with Crippen molar-refractivity contribution in [1.29, 1.82) is 0 Å². The monoisotopic (exact) mass is 266 g/mol. The van der Waals surface area contributed by atoms with Crippen LogP contribution in [0.3, 0.4) is 0 Å². The van der Waals surface area contributed by atoms with Crippen LogP contribution in [0.2, 0.25) is 0 Å². The first-order valence-corrected chi connectivity index (χ1v) is 6.86. The van der Waals surface area contributed by atoms with Gasteiger partial charge in [-0.2, -0.15) is 0 Å². The van der Waals surface area contributed by atoms with Crippen LogP contribution in [0.5, 0.6) is 0 Å². The summed E-state index contributed by atoms with van der Waals surface area (Å²) >= 11 is 0. The molecule has 3 nitrogen and oxygen atoms in total. The highest BCUT2D eigenvalue weighted by Gasteiger charge is 2.25. The molecule has 1 unspecified atom stereocenters. The SMILES string of the molecule is CC(=O)Nc1ccc(C)cc1C1CNc2ccccc21. The van der Waals surface area contributed by atoms with Crippen molar-refractivity contribution in [3.05, 3.63) is 59.2 Å². The number of carbonyl (C=O) groups is 1. The molecular weight excluding hydrogens is 248 g/mol. The van der Waals surface area contributed by atoms with Crippen molar-refractivity contribution in [3.8, 4) is 0 Å². The molecule has 1 aliphatic heterocycles. The van der Waals surface area contributed by atoms with Crippen molar-refractivity contribution in [3.63, 3.8) is 0 Å². The van der Waals surface area contributed by atoms with Crippen LogP contribution in [0.1, 0.15) is 29.5 Å². The van der Waals surface area contributed by atoms with E-state index in [0.29, 0.717) is 0 Å². The summed E-state index contributed by atoms with van der Waals surface area (Å²) in [5.41, 5.74) is 5.78. The van der Waals surface area contributed by atoms with Gasteiger partial charge in [0, 0.05) is 30.8 Å². The maximum atomic E-state index is 11.4. The van der Waals surface area contributed by atoms with E-state index in [2.05, 4.69) is 41.8 Å². The van der Waals surface area contributed by atoms with Crippen LogP contribution >= 0.6 is 0 Å². The molecule has 1 aliphatic rings. The number of carbonyl (C=O) groups excluding carboxylic acids is 1. The van der Waals surface area contributed by atoms with E-state index in [1.807, 2.05) is 18.2 Å². The summed E-state index contributed by atoms with van der Waals surface area (Å²) in [4.78, 5) is 11.4. The topological polar surface area (TPSA) is 41.1 Å². The lowest BCUT2D eigenvalue weighted by atomic mass is 9.90. The van der Waals surface area contributed by atoms with Crippen molar-refractivity contribution >= 4 is 17.3 Å². The van der Waals surface area contributed by atoms with E-state index in [1.54, 1.807) is 6.92 Å². The molecule has 0 aliphatic carbocycles. The molecule has 2 N–H and O–H groups in total. The van der Waals surface area contributed by atoms with Gasteiger partial charge in [-0.25, -0.2) is 0 Å². The quantitative estimate of drug-likeness (QED) is 0.873. The fourth-order valence-electron chi connectivity index (χ4n) is 2.84. The molecule has 1 amide bonds. The number of aryl methyl sites for hydroxylation is 1. The Morgan fingerprint density at radius 2 is 2.00 bits per heavy atom. The van der Waals surface area contributed by atoms with Gasteiger partial charge in [0.15, 0.2) is 0 Å². The summed E-state index contributed by atoms with van der Waals surface area (Å²) in [7, 11) is 0. The van der Waals surface area contributed by atoms with Crippen LogP contribution in [0.25, 0.3) is 0 Å². The summed E-state index contributed by atoms with van der Waals surface area (Å²) in [5.74, 6) is 0.252. The minimum atomic E-state index is -0.0330. The van der Waals surface area contributed by atoms with Crippen molar-refractivity contribution in [2.75, 3.05) is 17.2 Å². The van der Waals surface area contributed by atoms with E-state index >= 15 is 0 Å². The number of benzene rings is 2. The third kappa shape index (κ3) is 2.27. The lowest BCUT2D eigenvalue weighted by Crippen LogP contribution is -2.12. The second-order valence-electron chi connectivity index (χ2n) is 5.29. The summed E-state index contributed by atoms with van der Waals surface area (Å²) in [6.45, 7) is 4.50. The van der Waals surface area contributed by atoms with Crippen molar-refractivity contribution in [1.82, 2.24) is 0 Å². The lowest BCUT2D eigenvalue weighted by Gasteiger charge is -2.17. The Bertz CT molecular complexity index is 664. The first kappa shape index (κ1) is 12.7. The van der Waals surface area contributed by atoms with E-state index < -0.39 is 0 Å². The summed E-state index contributed by atoms with van der Waals surface area (Å²) in [6, 6.07) is 14.5. The van der Waals surface area contributed by atoms with Crippen LogP contribution < -0.4 is 10.6 Å². The van der Waals surface area contributed by atoms with Crippen molar-refractivity contribution in [2.45, 2.75) is 19.8 Å². The number of amides is 1. The van der Waals surface area contributed by atoms with Gasteiger partial charge in [0.2, 0.25) is 5.91 Å². The zero-order valence-corrected chi connectivity index (χ0v) is 11.7. The molecule has 0 saturated heterocycles. The molecule has 2 aromatic carbocycles. The largest absolute Gasteiger partial charge is 0.384 e. The highest BCUT2D eigenvalue weighted by molar-refractivity contribution is 5.90. The Balaban J connectivity index is 2.06. The Hall–Kier alpha value is -2.29. The van der Waals surface area contributed by atoms with Gasteiger partial charge in [-0.05, 0) is 30.2 Å². The van der Waals surface area contributed by atoms with Gasteiger partial charge < -0.3 is 10.6 Å². The number of fused-ring (bicyclic) bond motifs is 1. The summed E-state index contributed by atoms with van der Waals surface area (Å²) in [6.07, 6.45) is 0. The average Bonchev–Trinajstić information content (AvgIpc) is 2.84. The Labute approximate surface area is 119 Å². The molecular formula is C17H18N2O. The summed E-state index contributed by atoms with van der Waals surface area (Å²) in [5, 5.41) is 6.38. The zero-order valence-electron chi connectivity index (χ0n) is 11.7. The molecule has 0 fully saturated rings. The minimum Gasteiger partial charge on any atom is -0.384 e. The number of rotatable bonds is 2. The van der Waals surface area contributed by atoms with Crippen LogP contribution in [0, 0.1) is 6.92 Å². The first-order chi connectivity index (χ1) is 9.65. The Morgan fingerprint density at radius 3 is 2.80 bits per heavy atom. The maximum absolute atomic E-state index is 11.4. The predicted octanol–water partition coefficient (Wildman–Crippen LogP) is 3.51. The van der Waals surface area contributed by atoms with Gasteiger partial charge in [0.1, 0.15) is 0 Å². The van der Waals surface area contributed by atoms with Gasteiger partial charge >= 0.3 is 0 Å². The van der Waals surface area contributed by atoms with E-state index in [-0.39, 0.29) is 11.8 Å². The molecule has 20 heavy (non-hydrogen) atoms. The molecule has 0 spiro atoms. The molecule has 102 valence electrons. The highest BCUT2D eigenvalue weighted by Crippen LogP contribution is 2.39. The first-order valence-electron chi connectivity index (χ1n) is 6.86. The second-order valence-corrected chi connectivity index (χ2v) is 5.29. The molecule has 2 aromatic rings. The molecule has 0 radical (unpaired) electrons. The number of hydrogen-bond donors (Lipinski definition) is 2. The normalized spacial score (nSPS) is 16.4. The number of anilines is 2. The standard InChI is InChI=1S/C17H18N2O/c1-11-7-8-17(19-12(2)20)14(9-11)15-10-18-16-6-4-3-5-13(15)16/h3-9,15,18H,10H2,1-2H3,(H,19,20). The molecule has 1 atom stereocenters. The van der Waals surface area contributed by atoms with Crippen molar-refractivity contribution in [2.24, 2.45) is 0 Å². The zero-order chi connectivity index (χ0) is 14.1. The van der Waals surface area contributed by atoms with E-state index in [1.165, 1.54) is 22.4 Å². The van der Waals surface area contributed by atoms with E-state index in [0.717, 1.165) is 12.2 Å². The Kier molecular flexibility index (Phi) is 3.18. The lowest BCUT2D eigenvalue weighted by molar-refractivity contribution is -0.114. The smallest absolute Gasteiger partial charge is 0.221 e. The average molecular weight is 266 g/mol. The maximum Gasteiger partial charge on any atom is 0.221 e. The predicted molar refractivity (Wildman–Crippen MR) is 82.3 cm³/mol. The third-order valence-electron chi connectivity index (χ3n) is 3.73. The van der Waals surface area contributed by atoms with Crippen LogP contribution in [-0.2, 0) is 4.79 Å². The molecule has 0 bridgehead atoms. The van der Waals surface area contributed by atoms with Gasteiger partial charge in [-0.1, -0.05) is 35.9 Å². The van der Waals surface area contributed by atoms with E-state index in [9.17, 15) is 4.79 Å². The second kappa shape index (κ2) is 5.00. The highest BCUT2D eigenvalue weighted by atomic mass is 16.1. The van der Waals surface area contributed by atoms with Gasteiger partial charge in [0.25, 0.3) is 0 Å². The molecule has 0 aromatic heterocycles. The number of hydrogen-bond acceptors (Lipinski definition) is 2. The fraction of sp³-hybridized carbons (Fsp3) is 0.235. The minimum absolute atomic E-state index is 0.0330. The molecule has 3 rings (SSSR count). The van der Waals surface area contributed by atoms with E-state index in [4.69, 9.17) is 0 Å². The Morgan fingerprint density at radius 1 is 1.20 bits per heavy atom. The van der Waals surface area contributed by atoms with Gasteiger partial charge in [-0.15, -0.1) is 0 Å². The van der Waals surface area contributed by atoms with Crippen LogP contribution in [-0.4, -0.2) is 12.5 Å². The third-order valence-corrected chi connectivity index (χ3v) is 3.73.